The third-order valence-electron chi connectivity index (χ3n) is 3.13. The van der Waals surface area contributed by atoms with Crippen LogP contribution in [0.1, 0.15) is 32.6 Å². The van der Waals surface area contributed by atoms with Gasteiger partial charge in [-0.2, -0.15) is 0 Å². The summed E-state index contributed by atoms with van der Waals surface area (Å²) in [5, 5.41) is 0. The molecule has 0 unspecified atom stereocenters. The Labute approximate surface area is 107 Å². The molecule has 0 heterocycles. The summed E-state index contributed by atoms with van der Waals surface area (Å²) < 4.78 is 0. The predicted octanol–water partition coefficient (Wildman–Crippen LogP) is 3.43. The Morgan fingerprint density at radius 3 is 2.28 bits per heavy atom. The molecule has 0 saturated carbocycles. The number of benzene rings is 2. The van der Waals surface area contributed by atoms with Crippen molar-refractivity contribution in [3.63, 3.8) is 0 Å². The van der Waals surface area contributed by atoms with Crippen LogP contribution in [0.3, 0.4) is 0 Å². The average Bonchev–Trinajstić information content (AvgIpc) is 2.31. The van der Waals surface area contributed by atoms with Crippen molar-refractivity contribution in [2.24, 2.45) is 0 Å². The molecule has 2 aromatic carbocycles. The molecule has 0 spiro atoms. The maximum absolute atomic E-state index is 12.5. The van der Waals surface area contributed by atoms with Gasteiger partial charge in [-0.15, -0.1) is 0 Å². The lowest BCUT2D eigenvalue weighted by Crippen LogP contribution is -2.06. The second kappa shape index (κ2) is 4.65. The monoisotopic (exact) mass is 239 g/mol. The molecule has 0 amide bonds. The van der Waals surface area contributed by atoms with Crippen LogP contribution in [0.15, 0.2) is 36.4 Å². The smallest absolute Gasteiger partial charge is 0.193 e. The predicted molar refractivity (Wildman–Crippen MR) is 74.9 cm³/mol. The molecule has 0 aliphatic heterocycles. The third kappa shape index (κ3) is 2.28. The molecule has 0 radical (unpaired) electrons. The Kier molecular flexibility index (Phi) is 3.19. The number of nitrogens with two attached hydrogens (primary N) is 1. The highest BCUT2D eigenvalue weighted by Gasteiger charge is 2.14. The van der Waals surface area contributed by atoms with E-state index in [0.717, 1.165) is 27.8 Å². The lowest BCUT2D eigenvalue weighted by atomic mass is 9.94. The first-order valence-corrected chi connectivity index (χ1v) is 5.97. The van der Waals surface area contributed by atoms with Crippen molar-refractivity contribution in [2.45, 2.75) is 20.8 Å². The molecule has 18 heavy (non-hydrogen) atoms. The number of ketones is 1. The highest BCUT2D eigenvalue weighted by molar-refractivity contribution is 6.11. The number of aryl methyl sites for hydroxylation is 3. The van der Waals surface area contributed by atoms with Gasteiger partial charge in [-0.3, -0.25) is 4.79 Å². The first kappa shape index (κ1) is 12.4. The largest absolute Gasteiger partial charge is 0.399 e. The summed E-state index contributed by atoms with van der Waals surface area (Å²) in [5.41, 5.74) is 10.9. The van der Waals surface area contributed by atoms with E-state index in [1.54, 1.807) is 12.1 Å². The maximum Gasteiger partial charge on any atom is 0.193 e. The summed E-state index contributed by atoms with van der Waals surface area (Å²) >= 11 is 0. The lowest BCUT2D eigenvalue weighted by molar-refractivity contribution is 0.103. The van der Waals surface area contributed by atoms with Crippen molar-refractivity contribution in [2.75, 3.05) is 5.73 Å². The van der Waals surface area contributed by atoms with E-state index >= 15 is 0 Å². The number of rotatable bonds is 2. The van der Waals surface area contributed by atoms with E-state index in [4.69, 9.17) is 5.73 Å². The van der Waals surface area contributed by atoms with Crippen LogP contribution >= 0.6 is 0 Å². The molecular weight excluding hydrogens is 222 g/mol. The third-order valence-corrected chi connectivity index (χ3v) is 3.13. The number of carbonyl (C=O) groups excluding carboxylic acids is 1. The van der Waals surface area contributed by atoms with E-state index in [2.05, 4.69) is 0 Å². The molecule has 0 saturated heterocycles. The minimum absolute atomic E-state index is 0.0636. The van der Waals surface area contributed by atoms with Crippen LogP contribution < -0.4 is 5.73 Å². The molecule has 0 aliphatic carbocycles. The highest BCUT2D eigenvalue weighted by Crippen LogP contribution is 2.20. The Morgan fingerprint density at radius 1 is 0.889 bits per heavy atom. The zero-order chi connectivity index (χ0) is 13.3. The molecule has 2 nitrogen and oxygen atoms in total. The van der Waals surface area contributed by atoms with Crippen LogP contribution in [-0.4, -0.2) is 5.78 Å². The van der Waals surface area contributed by atoms with Crippen molar-refractivity contribution in [3.8, 4) is 0 Å². The van der Waals surface area contributed by atoms with Gasteiger partial charge >= 0.3 is 0 Å². The molecule has 0 aliphatic rings. The van der Waals surface area contributed by atoms with Crippen molar-refractivity contribution < 1.29 is 4.79 Å². The fraction of sp³-hybridized carbons (Fsp3) is 0.188. The molecule has 2 heteroatoms. The van der Waals surface area contributed by atoms with Crippen molar-refractivity contribution in [3.05, 3.63) is 64.2 Å². The molecule has 2 N–H and O–H groups in total. The zero-order valence-corrected chi connectivity index (χ0v) is 10.9. The molecular formula is C16H17NO. The molecule has 92 valence electrons. The quantitative estimate of drug-likeness (QED) is 0.644. The first-order chi connectivity index (χ1) is 8.49. The fourth-order valence-corrected chi connectivity index (χ4v) is 2.07. The van der Waals surface area contributed by atoms with Crippen molar-refractivity contribution in [1.29, 1.82) is 0 Å². The Balaban J connectivity index is 2.51. The van der Waals surface area contributed by atoms with Crippen LogP contribution in [0.4, 0.5) is 5.69 Å². The number of anilines is 1. The summed E-state index contributed by atoms with van der Waals surface area (Å²) in [6, 6.07) is 11.3. The molecule has 0 aromatic heterocycles. The van der Waals surface area contributed by atoms with E-state index in [1.165, 1.54) is 0 Å². The van der Waals surface area contributed by atoms with Gasteiger partial charge in [0, 0.05) is 16.8 Å². The minimum Gasteiger partial charge on any atom is -0.399 e. The van der Waals surface area contributed by atoms with Crippen molar-refractivity contribution in [1.82, 2.24) is 0 Å². The van der Waals surface area contributed by atoms with Crippen LogP contribution in [0.25, 0.3) is 0 Å². The summed E-state index contributed by atoms with van der Waals surface area (Å²) in [7, 11) is 0. The van der Waals surface area contributed by atoms with Gasteiger partial charge in [0.05, 0.1) is 0 Å². The lowest BCUT2D eigenvalue weighted by Gasteiger charge is -2.09. The van der Waals surface area contributed by atoms with Gasteiger partial charge in [-0.1, -0.05) is 17.7 Å². The van der Waals surface area contributed by atoms with E-state index < -0.39 is 0 Å². The average molecular weight is 239 g/mol. The van der Waals surface area contributed by atoms with Gasteiger partial charge in [0.15, 0.2) is 5.78 Å². The van der Waals surface area contributed by atoms with E-state index in [0.29, 0.717) is 5.69 Å². The standard InChI is InChI=1S/C16H17NO/c1-10-4-5-11(2)15(8-10)16(18)14-7-6-13(17)9-12(14)3/h4-9H,17H2,1-3H3. The SMILES string of the molecule is Cc1ccc(C)c(C(=O)c2ccc(N)cc2C)c1. The van der Waals surface area contributed by atoms with Gasteiger partial charge in [-0.05, 0) is 56.2 Å². The Bertz CT molecular complexity index is 614. The number of carbonyl (C=O) groups is 1. The summed E-state index contributed by atoms with van der Waals surface area (Å²) in [6.45, 7) is 5.86. The maximum atomic E-state index is 12.5. The first-order valence-electron chi connectivity index (χ1n) is 5.97. The molecule has 0 atom stereocenters. The van der Waals surface area contributed by atoms with Gasteiger partial charge in [-0.25, -0.2) is 0 Å². The summed E-state index contributed by atoms with van der Waals surface area (Å²) in [4.78, 5) is 12.5. The van der Waals surface area contributed by atoms with Gasteiger partial charge in [0.1, 0.15) is 0 Å². The molecule has 0 bridgehead atoms. The summed E-state index contributed by atoms with van der Waals surface area (Å²) in [6.07, 6.45) is 0. The van der Waals surface area contributed by atoms with Crippen molar-refractivity contribution >= 4 is 11.5 Å². The van der Waals surface area contributed by atoms with Gasteiger partial charge in [0.2, 0.25) is 0 Å². The van der Waals surface area contributed by atoms with E-state index in [1.807, 2.05) is 45.0 Å². The van der Waals surface area contributed by atoms with Gasteiger partial charge < -0.3 is 5.73 Å². The molecule has 0 fully saturated rings. The van der Waals surface area contributed by atoms with E-state index in [-0.39, 0.29) is 5.78 Å². The second-order valence-corrected chi connectivity index (χ2v) is 4.72. The van der Waals surface area contributed by atoms with Gasteiger partial charge in [0.25, 0.3) is 0 Å². The fourth-order valence-electron chi connectivity index (χ4n) is 2.07. The molecule has 2 rings (SSSR count). The minimum atomic E-state index is 0.0636. The number of hydrogen-bond donors (Lipinski definition) is 1. The number of hydrogen-bond acceptors (Lipinski definition) is 2. The van der Waals surface area contributed by atoms with Crippen LogP contribution in [-0.2, 0) is 0 Å². The van der Waals surface area contributed by atoms with Crippen LogP contribution in [0.2, 0.25) is 0 Å². The van der Waals surface area contributed by atoms with Crippen LogP contribution in [0.5, 0.6) is 0 Å². The molecule has 2 aromatic rings. The van der Waals surface area contributed by atoms with E-state index in [9.17, 15) is 4.79 Å². The summed E-state index contributed by atoms with van der Waals surface area (Å²) in [5.74, 6) is 0.0636. The number of nitrogen functional groups attached to an aromatic ring is 1. The Morgan fingerprint density at radius 2 is 1.61 bits per heavy atom. The Hall–Kier alpha value is -2.09. The highest BCUT2D eigenvalue weighted by atomic mass is 16.1. The second-order valence-electron chi connectivity index (χ2n) is 4.72. The zero-order valence-electron chi connectivity index (χ0n) is 10.9. The normalized spacial score (nSPS) is 10.4. The van der Waals surface area contributed by atoms with Crippen LogP contribution in [0, 0.1) is 20.8 Å². The topological polar surface area (TPSA) is 43.1 Å².